The van der Waals surface area contributed by atoms with Crippen LogP contribution in [0.2, 0.25) is 0 Å². The fourth-order valence-electron chi connectivity index (χ4n) is 3.32. The summed E-state index contributed by atoms with van der Waals surface area (Å²) in [6.45, 7) is 0.420. The highest BCUT2D eigenvalue weighted by Crippen LogP contribution is 2.41. The quantitative estimate of drug-likeness (QED) is 0.518. The van der Waals surface area contributed by atoms with Crippen molar-refractivity contribution >= 4 is 40.3 Å². The van der Waals surface area contributed by atoms with E-state index in [9.17, 15) is 9.90 Å². The lowest BCUT2D eigenvalue weighted by molar-refractivity contribution is -0.113. The summed E-state index contributed by atoms with van der Waals surface area (Å²) in [6.07, 6.45) is 1.73. The van der Waals surface area contributed by atoms with Gasteiger partial charge < -0.3 is 20.3 Å². The maximum absolute atomic E-state index is 13.5. The van der Waals surface area contributed by atoms with Crippen molar-refractivity contribution in [2.24, 2.45) is 10.7 Å². The van der Waals surface area contributed by atoms with Crippen molar-refractivity contribution in [1.29, 1.82) is 0 Å². The Kier molecular flexibility index (Phi) is 6.67. The number of hydrogen-bond donors (Lipinski definition) is 2. The zero-order valence-electron chi connectivity index (χ0n) is 18.2. The number of anilines is 1. The molecular weight excluding hydrogens is 438 g/mol. The van der Waals surface area contributed by atoms with Crippen molar-refractivity contribution in [3.8, 4) is 17.2 Å². The molecule has 0 aromatic heterocycles. The Labute approximate surface area is 196 Å². The van der Waals surface area contributed by atoms with Gasteiger partial charge in [-0.1, -0.05) is 30.3 Å². The lowest BCUT2D eigenvalue weighted by Gasteiger charge is -2.16. The maximum Gasteiger partial charge on any atom is 0.271 e. The summed E-state index contributed by atoms with van der Waals surface area (Å²) in [5.74, 6) is 0.204. The maximum atomic E-state index is 13.5. The number of carbonyl (C=O) groups excluding carboxylic acids is 1. The molecule has 0 spiro atoms. The molecule has 3 aromatic rings. The van der Waals surface area contributed by atoms with Gasteiger partial charge in [0.1, 0.15) is 0 Å². The number of rotatable bonds is 6. The van der Waals surface area contributed by atoms with Gasteiger partial charge in [-0.15, -0.1) is 0 Å². The number of nitrogens with two attached hydrogens (primary N) is 1. The van der Waals surface area contributed by atoms with Crippen LogP contribution in [0.15, 0.2) is 76.6 Å². The van der Waals surface area contributed by atoms with Crippen LogP contribution < -0.4 is 20.1 Å². The van der Waals surface area contributed by atoms with Gasteiger partial charge in [0.25, 0.3) is 5.91 Å². The Balaban J connectivity index is 1.78. The first-order valence-electron chi connectivity index (χ1n) is 10.2. The number of aliphatic imine (C=N–C) groups is 1. The zero-order valence-corrected chi connectivity index (χ0v) is 19.0. The third-order valence-electron chi connectivity index (χ3n) is 5.02. The summed E-state index contributed by atoms with van der Waals surface area (Å²) in [7, 11) is 2.91. The van der Waals surface area contributed by atoms with E-state index in [1.807, 2.05) is 54.6 Å². The largest absolute Gasteiger partial charge is 0.502 e. The number of phenols is 1. The van der Waals surface area contributed by atoms with Crippen LogP contribution >= 0.6 is 11.8 Å². The lowest BCUT2D eigenvalue weighted by Crippen LogP contribution is -2.28. The SMILES string of the molecule is COc1cc(/C=C2/SC(=Nc3ccccc3)N(c3ccc(CN)cc3)C2=O)cc(OC)c1O. The molecule has 8 heteroatoms. The van der Waals surface area contributed by atoms with E-state index in [-0.39, 0.29) is 23.2 Å². The number of amides is 1. The fraction of sp³-hybridized carbons (Fsp3) is 0.120. The van der Waals surface area contributed by atoms with Gasteiger partial charge in [-0.05, 0) is 65.4 Å². The van der Waals surface area contributed by atoms with Gasteiger partial charge in [-0.2, -0.15) is 0 Å². The summed E-state index contributed by atoms with van der Waals surface area (Å²) in [5, 5.41) is 10.7. The second kappa shape index (κ2) is 9.81. The Morgan fingerprint density at radius 3 is 2.24 bits per heavy atom. The highest BCUT2D eigenvalue weighted by Gasteiger charge is 2.35. The third kappa shape index (κ3) is 4.72. The van der Waals surface area contributed by atoms with Crippen molar-refractivity contribution in [2.45, 2.75) is 6.54 Å². The van der Waals surface area contributed by atoms with E-state index in [4.69, 9.17) is 20.2 Å². The molecule has 1 aliphatic heterocycles. The molecule has 168 valence electrons. The van der Waals surface area contributed by atoms with Gasteiger partial charge >= 0.3 is 0 Å². The van der Waals surface area contributed by atoms with Crippen molar-refractivity contribution in [3.63, 3.8) is 0 Å². The number of benzene rings is 3. The number of amidine groups is 1. The minimum Gasteiger partial charge on any atom is -0.502 e. The normalized spacial score (nSPS) is 16.0. The summed E-state index contributed by atoms with van der Waals surface area (Å²) < 4.78 is 10.5. The van der Waals surface area contributed by atoms with Crippen LogP contribution in [0.5, 0.6) is 17.2 Å². The third-order valence-corrected chi connectivity index (χ3v) is 5.99. The minimum absolute atomic E-state index is 0.0968. The van der Waals surface area contributed by atoms with E-state index >= 15 is 0 Å². The molecule has 7 nitrogen and oxygen atoms in total. The summed E-state index contributed by atoms with van der Waals surface area (Å²) in [5.41, 5.74) is 8.78. The van der Waals surface area contributed by atoms with Crippen LogP contribution in [0.4, 0.5) is 11.4 Å². The van der Waals surface area contributed by atoms with Crippen molar-refractivity contribution in [1.82, 2.24) is 0 Å². The summed E-state index contributed by atoms with van der Waals surface area (Å²) >= 11 is 1.27. The Morgan fingerprint density at radius 1 is 1.03 bits per heavy atom. The fourth-order valence-corrected chi connectivity index (χ4v) is 4.32. The molecule has 4 rings (SSSR count). The number of methoxy groups -OCH3 is 2. The van der Waals surface area contributed by atoms with Crippen LogP contribution in [-0.2, 0) is 11.3 Å². The molecule has 33 heavy (non-hydrogen) atoms. The molecule has 0 radical (unpaired) electrons. The van der Waals surface area contributed by atoms with Crippen LogP contribution in [0.25, 0.3) is 6.08 Å². The monoisotopic (exact) mass is 461 g/mol. The van der Waals surface area contributed by atoms with E-state index in [2.05, 4.69) is 0 Å². The number of carbonyl (C=O) groups is 1. The van der Waals surface area contributed by atoms with Gasteiger partial charge in [-0.3, -0.25) is 9.69 Å². The number of thioether (sulfide) groups is 1. The minimum atomic E-state index is -0.207. The number of aromatic hydroxyl groups is 1. The molecule has 0 atom stereocenters. The summed E-state index contributed by atoms with van der Waals surface area (Å²) in [6, 6.07) is 20.3. The van der Waals surface area contributed by atoms with Gasteiger partial charge in [0, 0.05) is 6.54 Å². The average Bonchev–Trinajstić information content (AvgIpc) is 3.14. The molecule has 1 aliphatic rings. The number of hydrogen-bond acceptors (Lipinski definition) is 7. The lowest BCUT2D eigenvalue weighted by atomic mass is 10.1. The number of phenolic OH excluding ortho intramolecular Hbond substituents is 1. The Hall–Kier alpha value is -3.75. The molecule has 0 saturated carbocycles. The molecule has 0 bridgehead atoms. The smallest absolute Gasteiger partial charge is 0.271 e. The van der Waals surface area contributed by atoms with Crippen LogP contribution in [-0.4, -0.2) is 30.4 Å². The van der Waals surface area contributed by atoms with E-state index < -0.39 is 0 Å². The van der Waals surface area contributed by atoms with Crippen LogP contribution in [0, 0.1) is 0 Å². The molecule has 3 N–H and O–H groups in total. The topological polar surface area (TPSA) is 97.4 Å². The molecule has 1 fully saturated rings. The molecule has 3 aromatic carbocycles. The van der Waals surface area contributed by atoms with Crippen LogP contribution in [0.3, 0.4) is 0 Å². The highest BCUT2D eigenvalue weighted by atomic mass is 32.2. The Morgan fingerprint density at radius 2 is 1.67 bits per heavy atom. The highest BCUT2D eigenvalue weighted by molar-refractivity contribution is 8.19. The summed E-state index contributed by atoms with van der Waals surface area (Å²) in [4.78, 5) is 20.2. The number of para-hydroxylation sites is 1. The van der Waals surface area contributed by atoms with E-state index in [0.717, 1.165) is 11.3 Å². The predicted octanol–water partition coefficient (Wildman–Crippen LogP) is 4.68. The first-order valence-corrected chi connectivity index (χ1v) is 11.0. The van der Waals surface area contributed by atoms with Crippen molar-refractivity contribution in [3.05, 3.63) is 82.8 Å². The molecule has 1 heterocycles. The van der Waals surface area contributed by atoms with Crippen molar-refractivity contribution in [2.75, 3.05) is 19.1 Å². The van der Waals surface area contributed by atoms with Crippen molar-refractivity contribution < 1.29 is 19.4 Å². The van der Waals surface area contributed by atoms with E-state index in [0.29, 0.717) is 27.9 Å². The first kappa shape index (κ1) is 22.4. The zero-order chi connectivity index (χ0) is 23.4. The van der Waals surface area contributed by atoms with E-state index in [1.165, 1.54) is 26.0 Å². The van der Waals surface area contributed by atoms with Gasteiger partial charge in [0.2, 0.25) is 5.75 Å². The predicted molar refractivity (Wildman–Crippen MR) is 132 cm³/mol. The van der Waals surface area contributed by atoms with Gasteiger partial charge in [-0.25, -0.2) is 4.99 Å². The molecule has 1 saturated heterocycles. The standard InChI is InChI=1S/C25H23N3O4S/c1-31-20-12-17(13-21(32-2)23(20)29)14-22-24(30)28(19-10-8-16(15-26)9-11-19)25(33-22)27-18-6-4-3-5-7-18/h3-14,29H,15,26H2,1-2H3/b22-14+,27-25?. The number of ether oxygens (including phenoxy) is 2. The Bertz CT molecular complexity index is 1200. The second-order valence-electron chi connectivity index (χ2n) is 7.13. The molecular formula is C25H23N3O4S. The van der Waals surface area contributed by atoms with Gasteiger partial charge in [0.05, 0.1) is 30.5 Å². The number of nitrogens with zero attached hydrogens (tertiary/aromatic N) is 2. The second-order valence-corrected chi connectivity index (χ2v) is 8.13. The van der Waals surface area contributed by atoms with Gasteiger partial charge in [0.15, 0.2) is 16.7 Å². The molecule has 0 aliphatic carbocycles. The molecule has 0 unspecified atom stereocenters. The van der Waals surface area contributed by atoms with Crippen LogP contribution in [0.1, 0.15) is 11.1 Å². The average molecular weight is 462 g/mol. The molecule has 1 amide bonds. The van der Waals surface area contributed by atoms with E-state index in [1.54, 1.807) is 23.1 Å². The first-order chi connectivity index (χ1) is 16.0.